The van der Waals surface area contributed by atoms with E-state index >= 15 is 0 Å². The fraction of sp³-hybridized carbons (Fsp3) is 0.286. The van der Waals surface area contributed by atoms with Gasteiger partial charge in [-0.1, -0.05) is 18.2 Å². The van der Waals surface area contributed by atoms with Crippen LogP contribution in [0, 0.1) is 0 Å². The average molecular weight is 241 g/mol. The lowest BCUT2D eigenvalue weighted by Crippen LogP contribution is -2.18. The van der Waals surface area contributed by atoms with Crippen LogP contribution in [-0.2, 0) is 6.54 Å². The van der Waals surface area contributed by atoms with Gasteiger partial charge in [0, 0.05) is 18.3 Å². The Bertz CT molecular complexity index is 556. The molecule has 3 rings (SSSR count). The van der Waals surface area contributed by atoms with Gasteiger partial charge in [-0.25, -0.2) is 9.97 Å². The van der Waals surface area contributed by atoms with Gasteiger partial charge in [0.1, 0.15) is 11.6 Å². The van der Waals surface area contributed by atoms with Crippen LogP contribution in [0.2, 0.25) is 0 Å². The fourth-order valence-corrected chi connectivity index (χ4v) is 2.30. The normalized spacial score (nSPS) is 17.9. The second-order valence-corrected chi connectivity index (χ2v) is 4.34. The van der Waals surface area contributed by atoms with Crippen molar-refractivity contribution in [3.8, 4) is 5.75 Å². The van der Waals surface area contributed by atoms with Gasteiger partial charge in [-0.2, -0.15) is 0 Å². The molecule has 0 aliphatic carbocycles. The van der Waals surface area contributed by atoms with Crippen LogP contribution in [0.25, 0.3) is 0 Å². The minimum absolute atomic E-state index is 0.210. The van der Waals surface area contributed by atoms with E-state index in [0.717, 1.165) is 29.3 Å². The standard InChI is InChI=1S/C14H15N3O/c15-9-10-5-7-16-14(17-10)12-6-8-18-13-4-2-1-3-11(12)13/h1-5,7,12H,6,8-9,15H2. The summed E-state index contributed by atoms with van der Waals surface area (Å²) in [5, 5.41) is 0. The quantitative estimate of drug-likeness (QED) is 0.871. The number of benzene rings is 1. The maximum atomic E-state index is 5.65. The molecular formula is C14H15N3O. The van der Waals surface area contributed by atoms with Gasteiger partial charge in [0.25, 0.3) is 0 Å². The Labute approximate surface area is 106 Å². The van der Waals surface area contributed by atoms with Gasteiger partial charge < -0.3 is 10.5 Å². The van der Waals surface area contributed by atoms with Crippen molar-refractivity contribution >= 4 is 0 Å². The highest BCUT2D eigenvalue weighted by Gasteiger charge is 2.24. The Morgan fingerprint density at radius 2 is 2.17 bits per heavy atom. The summed E-state index contributed by atoms with van der Waals surface area (Å²) in [6, 6.07) is 9.94. The number of fused-ring (bicyclic) bond motifs is 1. The summed E-state index contributed by atoms with van der Waals surface area (Å²) in [7, 11) is 0. The summed E-state index contributed by atoms with van der Waals surface area (Å²) in [4.78, 5) is 8.91. The Balaban J connectivity index is 2.02. The molecule has 92 valence electrons. The first-order valence-electron chi connectivity index (χ1n) is 6.12. The maximum Gasteiger partial charge on any atom is 0.136 e. The molecule has 1 aliphatic rings. The van der Waals surface area contributed by atoms with E-state index in [2.05, 4.69) is 16.0 Å². The maximum absolute atomic E-state index is 5.65. The first-order valence-corrected chi connectivity index (χ1v) is 6.12. The molecule has 2 aromatic rings. The first kappa shape index (κ1) is 11.2. The number of hydrogen-bond donors (Lipinski definition) is 1. The molecule has 0 saturated heterocycles. The summed E-state index contributed by atoms with van der Waals surface area (Å²) < 4.78 is 5.65. The summed E-state index contributed by atoms with van der Waals surface area (Å²) in [6.45, 7) is 1.15. The van der Waals surface area contributed by atoms with E-state index in [4.69, 9.17) is 10.5 Å². The van der Waals surface area contributed by atoms with Crippen molar-refractivity contribution in [3.05, 3.63) is 53.6 Å². The number of rotatable bonds is 2. The SMILES string of the molecule is NCc1ccnc(C2CCOc3ccccc32)n1. The van der Waals surface area contributed by atoms with Crippen molar-refractivity contribution < 1.29 is 4.74 Å². The monoisotopic (exact) mass is 241 g/mol. The minimum Gasteiger partial charge on any atom is -0.493 e. The molecule has 1 aromatic heterocycles. The number of para-hydroxylation sites is 1. The topological polar surface area (TPSA) is 61.0 Å². The van der Waals surface area contributed by atoms with E-state index in [0.29, 0.717) is 13.2 Å². The third kappa shape index (κ3) is 1.95. The molecule has 0 bridgehead atoms. The van der Waals surface area contributed by atoms with Crippen LogP contribution in [0.4, 0.5) is 0 Å². The van der Waals surface area contributed by atoms with Crippen molar-refractivity contribution in [3.63, 3.8) is 0 Å². The van der Waals surface area contributed by atoms with E-state index in [1.54, 1.807) is 6.20 Å². The zero-order chi connectivity index (χ0) is 12.4. The van der Waals surface area contributed by atoms with Gasteiger partial charge in [0.05, 0.1) is 18.2 Å². The molecule has 4 nitrogen and oxygen atoms in total. The molecule has 18 heavy (non-hydrogen) atoms. The number of ether oxygens (including phenoxy) is 1. The predicted molar refractivity (Wildman–Crippen MR) is 68.3 cm³/mol. The van der Waals surface area contributed by atoms with Crippen LogP contribution in [0.3, 0.4) is 0 Å². The third-order valence-corrected chi connectivity index (χ3v) is 3.21. The van der Waals surface area contributed by atoms with Gasteiger partial charge in [-0.05, 0) is 18.6 Å². The molecule has 0 radical (unpaired) electrons. The number of hydrogen-bond acceptors (Lipinski definition) is 4. The zero-order valence-corrected chi connectivity index (χ0v) is 10.0. The van der Waals surface area contributed by atoms with Crippen LogP contribution < -0.4 is 10.5 Å². The van der Waals surface area contributed by atoms with Crippen molar-refractivity contribution in [1.82, 2.24) is 9.97 Å². The van der Waals surface area contributed by atoms with Crippen molar-refractivity contribution in [2.24, 2.45) is 5.73 Å². The summed E-state index contributed by atoms with van der Waals surface area (Å²) in [5.41, 5.74) is 7.67. The Morgan fingerprint density at radius 3 is 3.06 bits per heavy atom. The van der Waals surface area contributed by atoms with Crippen LogP contribution in [-0.4, -0.2) is 16.6 Å². The van der Waals surface area contributed by atoms with E-state index in [1.165, 1.54) is 0 Å². The Kier molecular flexibility index (Phi) is 2.94. The molecule has 1 unspecified atom stereocenters. The molecule has 0 fully saturated rings. The molecule has 1 aliphatic heterocycles. The highest BCUT2D eigenvalue weighted by atomic mass is 16.5. The second-order valence-electron chi connectivity index (χ2n) is 4.34. The Hall–Kier alpha value is -1.94. The van der Waals surface area contributed by atoms with Crippen LogP contribution in [0.1, 0.15) is 29.4 Å². The lowest BCUT2D eigenvalue weighted by Gasteiger charge is -2.24. The van der Waals surface area contributed by atoms with Gasteiger partial charge >= 0.3 is 0 Å². The summed E-state index contributed by atoms with van der Waals surface area (Å²) in [5.74, 6) is 1.99. The summed E-state index contributed by atoms with van der Waals surface area (Å²) in [6.07, 6.45) is 2.69. The highest BCUT2D eigenvalue weighted by Crippen LogP contribution is 2.36. The Morgan fingerprint density at radius 1 is 1.28 bits per heavy atom. The zero-order valence-electron chi connectivity index (χ0n) is 10.0. The molecular weight excluding hydrogens is 226 g/mol. The lowest BCUT2D eigenvalue weighted by molar-refractivity contribution is 0.274. The molecule has 1 atom stereocenters. The second kappa shape index (κ2) is 4.74. The van der Waals surface area contributed by atoms with E-state index in [1.807, 2.05) is 24.3 Å². The van der Waals surface area contributed by atoms with Gasteiger partial charge in [-0.15, -0.1) is 0 Å². The van der Waals surface area contributed by atoms with Crippen LogP contribution in [0.15, 0.2) is 36.5 Å². The van der Waals surface area contributed by atoms with Crippen LogP contribution in [0.5, 0.6) is 5.75 Å². The van der Waals surface area contributed by atoms with Crippen molar-refractivity contribution in [2.75, 3.05) is 6.61 Å². The highest BCUT2D eigenvalue weighted by molar-refractivity contribution is 5.40. The molecule has 2 heterocycles. The molecule has 0 saturated carbocycles. The van der Waals surface area contributed by atoms with Crippen molar-refractivity contribution in [2.45, 2.75) is 18.9 Å². The molecule has 0 amide bonds. The molecule has 2 N–H and O–H groups in total. The third-order valence-electron chi connectivity index (χ3n) is 3.21. The fourth-order valence-electron chi connectivity index (χ4n) is 2.30. The van der Waals surface area contributed by atoms with E-state index in [-0.39, 0.29) is 5.92 Å². The number of nitrogens with zero attached hydrogens (tertiary/aromatic N) is 2. The van der Waals surface area contributed by atoms with Crippen LogP contribution >= 0.6 is 0 Å². The summed E-state index contributed by atoms with van der Waals surface area (Å²) >= 11 is 0. The smallest absolute Gasteiger partial charge is 0.136 e. The first-order chi connectivity index (χ1) is 8.88. The minimum atomic E-state index is 0.210. The predicted octanol–water partition coefficient (Wildman–Crippen LogP) is 1.85. The van der Waals surface area contributed by atoms with Gasteiger partial charge in [0.2, 0.25) is 0 Å². The van der Waals surface area contributed by atoms with Crippen molar-refractivity contribution in [1.29, 1.82) is 0 Å². The van der Waals surface area contributed by atoms with E-state index < -0.39 is 0 Å². The average Bonchev–Trinajstić information content (AvgIpc) is 2.47. The largest absolute Gasteiger partial charge is 0.493 e. The molecule has 4 heteroatoms. The molecule has 0 spiro atoms. The van der Waals surface area contributed by atoms with Gasteiger partial charge in [0.15, 0.2) is 0 Å². The molecule has 1 aromatic carbocycles. The van der Waals surface area contributed by atoms with Gasteiger partial charge in [-0.3, -0.25) is 0 Å². The number of aromatic nitrogens is 2. The van der Waals surface area contributed by atoms with E-state index in [9.17, 15) is 0 Å². The number of nitrogens with two attached hydrogens (primary N) is 1. The lowest BCUT2D eigenvalue weighted by atomic mass is 9.92.